The molecule has 0 fully saturated rings. The van der Waals surface area contributed by atoms with E-state index in [1.165, 1.54) is 340 Å². The van der Waals surface area contributed by atoms with E-state index in [2.05, 4.69) is 38.2 Å². The number of hydrogen-bond donors (Lipinski definition) is 2. The molecule has 9 nitrogen and oxygen atoms in total. The number of phosphoric acid groups is 1. The zero-order valence-corrected chi connectivity index (χ0v) is 57.8. The average molecular weight is 1220 g/mol. The molecule has 0 radical (unpaired) electrons. The van der Waals surface area contributed by atoms with Crippen molar-refractivity contribution in [2.24, 2.45) is 5.73 Å². The molecule has 2 atom stereocenters. The molecule has 0 aromatic carbocycles. The minimum absolute atomic E-state index is 0.0568. The van der Waals surface area contributed by atoms with Crippen LogP contribution < -0.4 is 5.73 Å². The van der Waals surface area contributed by atoms with Crippen molar-refractivity contribution in [1.29, 1.82) is 0 Å². The van der Waals surface area contributed by atoms with Crippen LogP contribution in [-0.4, -0.2) is 49.3 Å². The number of rotatable bonds is 73. The van der Waals surface area contributed by atoms with E-state index < -0.39 is 26.5 Å². The van der Waals surface area contributed by atoms with Crippen LogP contribution in [0.1, 0.15) is 412 Å². The Morgan fingerprint density at radius 3 is 0.894 bits per heavy atom. The monoisotopic (exact) mass is 1220 g/mol. The van der Waals surface area contributed by atoms with E-state index in [4.69, 9.17) is 24.3 Å². The standard InChI is InChI=1S/C75H146NO8P/c1-3-5-7-9-11-13-15-17-19-21-23-25-27-29-31-33-34-35-36-37-38-40-41-43-45-47-49-51-53-55-57-59-61-63-65-67-74(77)81-71-73(72-83-85(79,80)82-70-69-76)84-75(78)68-66-64-62-60-58-56-54-52-50-48-46-44-42-39-32-30-28-26-24-22-20-18-16-14-12-10-8-6-4-2/h16,18,22,24,73H,3-15,17,19-21,23,25-72,76H2,1-2H3,(H,79,80)/b18-16-,24-22-. The Balaban J connectivity index is 3.76. The second-order valence-corrected chi connectivity index (χ2v) is 27.3. The molecule has 0 amide bonds. The Morgan fingerprint density at radius 1 is 0.353 bits per heavy atom. The Labute approximate surface area is 529 Å². The number of nitrogens with two attached hydrogens (primary N) is 1. The first-order chi connectivity index (χ1) is 41.8. The number of ether oxygens (including phenoxy) is 2. The smallest absolute Gasteiger partial charge is 0.462 e. The Bertz CT molecular complexity index is 1440. The maximum atomic E-state index is 12.8. The van der Waals surface area contributed by atoms with Crippen LogP contribution in [0.2, 0.25) is 0 Å². The zero-order chi connectivity index (χ0) is 61.6. The molecular weight excluding hydrogens is 1070 g/mol. The minimum atomic E-state index is -4.39. The predicted octanol–water partition coefficient (Wildman–Crippen LogP) is 24.9. The van der Waals surface area contributed by atoms with Crippen LogP contribution in [0.4, 0.5) is 0 Å². The molecule has 0 heterocycles. The Hall–Kier alpha value is -1.51. The number of allylic oxidation sites excluding steroid dienone is 4. The molecule has 0 saturated heterocycles. The summed E-state index contributed by atoms with van der Waals surface area (Å²) < 4.78 is 33.2. The third-order valence-corrected chi connectivity index (χ3v) is 18.3. The summed E-state index contributed by atoms with van der Waals surface area (Å²) in [6, 6.07) is 0. The summed E-state index contributed by atoms with van der Waals surface area (Å²) in [5.74, 6) is -0.801. The van der Waals surface area contributed by atoms with E-state index in [9.17, 15) is 19.0 Å². The van der Waals surface area contributed by atoms with Crippen molar-refractivity contribution >= 4 is 19.8 Å². The normalized spacial score (nSPS) is 12.9. The van der Waals surface area contributed by atoms with Gasteiger partial charge in [0, 0.05) is 19.4 Å². The summed E-state index contributed by atoms with van der Waals surface area (Å²) in [5.41, 5.74) is 5.41. The second kappa shape index (κ2) is 71.6. The quantitative estimate of drug-likeness (QED) is 0.0264. The van der Waals surface area contributed by atoms with Gasteiger partial charge in [-0.05, 0) is 44.9 Å². The van der Waals surface area contributed by atoms with Gasteiger partial charge in [0.25, 0.3) is 0 Å². The number of phosphoric ester groups is 1. The zero-order valence-electron chi connectivity index (χ0n) is 56.9. The molecule has 2 unspecified atom stereocenters. The maximum absolute atomic E-state index is 12.8. The molecule has 85 heavy (non-hydrogen) atoms. The molecule has 0 spiro atoms. The molecule has 0 aliphatic heterocycles. The number of esters is 2. The number of unbranched alkanes of at least 4 members (excludes halogenated alkanes) is 56. The summed E-state index contributed by atoms with van der Waals surface area (Å²) in [6.45, 7) is 3.82. The van der Waals surface area contributed by atoms with Gasteiger partial charge in [-0.25, -0.2) is 4.57 Å². The molecule has 0 aliphatic carbocycles. The predicted molar refractivity (Wildman–Crippen MR) is 368 cm³/mol. The number of carbonyl (C=O) groups is 2. The average Bonchev–Trinajstić information content (AvgIpc) is 3.52. The van der Waals surface area contributed by atoms with Gasteiger partial charge in [0.15, 0.2) is 6.10 Å². The lowest BCUT2D eigenvalue weighted by atomic mass is 10.0. The summed E-state index contributed by atoms with van der Waals surface area (Å²) >= 11 is 0. The first-order valence-corrected chi connectivity index (χ1v) is 39.3. The second-order valence-electron chi connectivity index (χ2n) is 25.9. The summed E-state index contributed by atoms with van der Waals surface area (Å²) in [7, 11) is -4.39. The van der Waals surface area contributed by atoms with Crippen molar-refractivity contribution in [3.8, 4) is 0 Å². The molecule has 0 rings (SSSR count). The van der Waals surface area contributed by atoms with Gasteiger partial charge in [0.2, 0.25) is 0 Å². The fourth-order valence-corrected chi connectivity index (χ4v) is 12.5. The van der Waals surface area contributed by atoms with Crippen molar-refractivity contribution in [2.45, 2.75) is 418 Å². The van der Waals surface area contributed by atoms with Crippen molar-refractivity contribution in [2.75, 3.05) is 26.4 Å². The summed E-state index contributed by atoms with van der Waals surface area (Å²) in [4.78, 5) is 35.4. The fourth-order valence-electron chi connectivity index (χ4n) is 11.7. The largest absolute Gasteiger partial charge is 0.472 e. The van der Waals surface area contributed by atoms with Gasteiger partial charge in [-0.15, -0.1) is 0 Å². The summed E-state index contributed by atoms with van der Waals surface area (Å²) in [5, 5.41) is 0. The summed E-state index contributed by atoms with van der Waals surface area (Å²) in [6.07, 6.45) is 88.8. The van der Waals surface area contributed by atoms with Crippen LogP contribution in [0, 0.1) is 0 Å². The first kappa shape index (κ1) is 83.5. The highest BCUT2D eigenvalue weighted by molar-refractivity contribution is 7.47. The van der Waals surface area contributed by atoms with Crippen molar-refractivity contribution in [1.82, 2.24) is 0 Å². The molecule has 10 heteroatoms. The van der Waals surface area contributed by atoms with Crippen LogP contribution in [-0.2, 0) is 32.7 Å². The Kier molecular flexibility index (Phi) is 70.3. The van der Waals surface area contributed by atoms with Gasteiger partial charge in [-0.2, -0.15) is 0 Å². The lowest BCUT2D eigenvalue weighted by Crippen LogP contribution is -2.29. The van der Waals surface area contributed by atoms with Gasteiger partial charge in [-0.3, -0.25) is 18.6 Å². The van der Waals surface area contributed by atoms with Crippen LogP contribution >= 0.6 is 7.82 Å². The lowest BCUT2D eigenvalue weighted by Gasteiger charge is -2.19. The topological polar surface area (TPSA) is 134 Å². The highest BCUT2D eigenvalue weighted by Gasteiger charge is 2.26. The molecule has 0 aromatic rings. The van der Waals surface area contributed by atoms with Crippen LogP contribution in [0.25, 0.3) is 0 Å². The third kappa shape index (κ3) is 71.4. The Morgan fingerprint density at radius 2 is 0.612 bits per heavy atom. The van der Waals surface area contributed by atoms with E-state index >= 15 is 0 Å². The number of carbonyl (C=O) groups excluding carboxylic acids is 2. The maximum Gasteiger partial charge on any atom is 0.472 e. The SMILES string of the molecule is CCCCCCC/C=C\C/C=C\CCCCCCCCCCCCCCCCCCCC(=O)OC(COC(=O)CCCCCCCCCCCCCCCCCCCCCCCCCCCCCCCCCCCCC)COP(=O)(O)OCCN. The molecule has 0 saturated carbocycles. The van der Waals surface area contributed by atoms with Gasteiger partial charge in [-0.1, -0.05) is 378 Å². The third-order valence-electron chi connectivity index (χ3n) is 17.3. The van der Waals surface area contributed by atoms with Crippen LogP contribution in [0.15, 0.2) is 24.3 Å². The fraction of sp³-hybridized carbons (Fsp3) is 0.920. The number of hydrogen-bond acceptors (Lipinski definition) is 8. The molecule has 0 bridgehead atoms. The first-order valence-electron chi connectivity index (χ1n) is 37.8. The van der Waals surface area contributed by atoms with Crippen molar-refractivity contribution in [3.05, 3.63) is 24.3 Å². The molecule has 0 aromatic heterocycles. The van der Waals surface area contributed by atoms with Crippen molar-refractivity contribution < 1.29 is 37.6 Å². The molecular formula is C75H146NO8P. The van der Waals surface area contributed by atoms with E-state index in [0.29, 0.717) is 6.42 Å². The molecule has 504 valence electrons. The highest BCUT2D eigenvalue weighted by Crippen LogP contribution is 2.43. The van der Waals surface area contributed by atoms with E-state index in [-0.39, 0.29) is 38.6 Å². The molecule has 3 N–H and O–H groups in total. The lowest BCUT2D eigenvalue weighted by molar-refractivity contribution is -0.161. The van der Waals surface area contributed by atoms with Gasteiger partial charge in [0.1, 0.15) is 6.61 Å². The van der Waals surface area contributed by atoms with Crippen LogP contribution in [0.3, 0.4) is 0 Å². The minimum Gasteiger partial charge on any atom is -0.462 e. The van der Waals surface area contributed by atoms with Gasteiger partial charge < -0.3 is 20.1 Å². The van der Waals surface area contributed by atoms with Crippen molar-refractivity contribution in [3.63, 3.8) is 0 Å². The highest BCUT2D eigenvalue weighted by atomic mass is 31.2. The van der Waals surface area contributed by atoms with Crippen LogP contribution in [0.5, 0.6) is 0 Å². The van der Waals surface area contributed by atoms with E-state index in [1.807, 2.05) is 0 Å². The molecule has 0 aliphatic rings. The van der Waals surface area contributed by atoms with Gasteiger partial charge >= 0.3 is 19.8 Å². The van der Waals surface area contributed by atoms with E-state index in [0.717, 1.165) is 38.5 Å². The van der Waals surface area contributed by atoms with Gasteiger partial charge in [0.05, 0.1) is 13.2 Å². The van der Waals surface area contributed by atoms with E-state index in [1.54, 1.807) is 0 Å².